The number of rotatable bonds is 2. The van der Waals surface area contributed by atoms with Crippen LogP contribution in [0.15, 0.2) is 42.5 Å². The third kappa shape index (κ3) is 2.75. The molecule has 0 saturated carbocycles. The number of ether oxygens (including phenoxy) is 1. The van der Waals surface area contributed by atoms with Gasteiger partial charge in [0.15, 0.2) is 0 Å². The Labute approximate surface area is 117 Å². The van der Waals surface area contributed by atoms with E-state index in [1.807, 2.05) is 18.2 Å². The predicted octanol–water partition coefficient (Wildman–Crippen LogP) is 2.80. The molecule has 4 heteroatoms. The second-order valence-corrected chi connectivity index (χ2v) is 5.01. The lowest BCUT2D eigenvalue weighted by Gasteiger charge is -2.20. The molecule has 2 N–H and O–H groups in total. The van der Waals surface area contributed by atoms with Gasteiger partial charge in [0.05, 0.1) is 0 Å². The van der Waals surface area contributed by atoms with Gasteiger partial charge in [0.1, 0.15) is 18.2 Å². The maximum absolute atomic E-state index is 13.1. The molecule has 2 aromatic rings. The van der Waals surface area contributed by atoms with Crippen LogP contribution >= 0.6 is 0 Å². The van der Waals surface area contributed by atoms with Crippen LogP contribution in [-0.2, 0) is 13.1 Å². The Hall–Kier alpha value is -2.07. The fourth-order valence-corrected chi connectivity index (χ4v) is 2.47. The summed E-state index contributed by atoms with van der Waals surface area (Å²) in [6, 6.07) is 12.6. The van der Waals surface area contributed by atoms with Crippen LogP contribution in [0.3, 0.4) is 0 Å². The summed E-state index contributed by atoms with van der Waals surface area (Å²) >= 11 is 0. The molecule has 3 rings (SSSR count). The van der Waals surface area contributed by atoms with Gasteiger partial charge >= 0.3 is 0 Å². The van der Waals surface area contributed by atoms with Gasteiger partial charge in [-0.2, -0.15) is 0 Å². The molecule has 104 valence electrons. The minimum atomic E-state index is -0.296. The summed E-state index contributed by atoms with van der Waals surface area (Å²) in [5, 5.41) is 0. The van der Waals surface area contributed by atoms with Crippen molar-refractivity contribution in [3.8, 4) is 5.75 Å². The normalized spacial score (nSPS) is 15.2. The molecular weight excluding hydrogens is 255 g/mol. The summed E-state index contributed by atoms with van der Waals surface area (Å²) in [5.41, 5.74) is 8.50. The summed E-state index contributed by atoms with van der Waals surface area (Å²) in [4.78, 5) is 2.26. The van der Waals surface area contributed by atoms with Gasteiger partial charge in [0.25, 0.3) is 0 Å². The molecule has 3 nitrogen and oxygen atoms in total. The third-order valence-corrected chi connectivity index (χ3v) is 3.53. The highest BCUT2D eigenvalue weighted by Crippen LogP contribution is 2.24. The number of halogens is 1. The van der Waals surface area contributed by atoms with Gasteiger partial charge in [-0.15, -0.1) is 0 Å². The molecule has 1 aliphatic heterocycles. The Morgan fingerprint density at radius 1 is 1.20 bits per heavy atom. The number of nitrogens with two attached hydrogens (primary N) is 1. The van der Waals surface area contributed by atoms with Crippen molar-refractivity contribution >= 4 is 5.69 Å². The summed E-state index contributed by atoms with van der Waals surface area (Å²) in [6.07, 6.45) is 0. The number of hydrogen-bond donors (Lipinski definition) is 1. The van der Waals surface area contributed by atoms with Crippen LogP contribution in [0.5, 0.6) is 5.75 Å². The van der Waals surface area contributed by atoms with E-state index in [4.69, 9.17) is 10.5 Å². The first-order valence-electron chi connectivity index (χ1n) is 6.69. The number of hydrogen-bond acceptors (Lipinski definition) is 3. The SMILES string of the molecule is Nc1cc(F)ccc1CN1CCOc2ccccc2C1. The van der Waals surface area contributed by atoms with Crippen molar-refractivity contribution < 1.29 is 9.13 Å². The van der Waals surface area contributed by atoms with Crippen molar-refractivity contribution in [2.75, 3.05) is 18.9 Å². The summed E-state index contributed by atoms with van der Waals surface area (Å²) < 4.78 is 18.8. The number of nitrogens with zero attached hydrogens (tertiary/aromatic N) is 1. The number of fused-ring (bicyclic) bond motifs is 1. The maximum atomic E-state index is 13.1. The van der Waals surface area contributed by atoms with Gasteiger partial charge in [-0.25, -0.2) is 4.39 Å². The van der Waals surface area contributed by atoms with Crippen LogP contribution in [0.1, 0.15) is 11.1 Å². The fourth-order valence-electron chi connectivity index (χ4n) is 2.47. The van der Waals surface area contributed by atoms with Crippen molar-refractivity contribution in [3.05, 3.63) is 59.4 Å². The second kappa shape index (κ2) is 5.51. The van der Waals surface area contributed by atoms with Crippen molar-refractivity contribution in [2.24, 2.45) is 0 Å². The first-order chi connectivity index (χ1) is 9.72. The van der Waals surface area contributed by atoms with Crippen molar-refractivity contribution in [1.29, 1.82) is 0 Å². The van der Waals surface area contributed by atoms with Gasteiger partial charge in [-0.1, -0.05) is 24.3 Å². The lowest BCUT2D eigenvalue weighted by molar-refractivity contribution is 0.220. The number of anilines is 1. The molecule has 0 fully saturated rings. The maximum Gasteiger partial charge on any atom is 0.125 e. The molecule has 0 spiro atoms. The Bertz CT molecular complexity index is 615. The fraction of sp³-hybridized carbons (Fsp3) is 0.250. The average Bonchev–Trinajstić information content (AvgIpc) is 2.63. The molecule has 0 amide bonds. The van der Waals surface area contributed by atoms with Crippen molar-refractivity contribution in [3.63, 3.8) is 0 Å². The zero-order valence-corrected chi connectivity index (χ0v) is 11.2. The Balaban J connectivity index is 1.78. The highest BCUT2D eigenvalue weighted by atomic mass is 19.1. The van der Waals surface area contributed by atoms with Gasteiger partial charge in [0.2, 0.25) is 0 Å². The molecule has 0 radical (unpaired) electrons. The van der Waals surface area contributed by atoms with Crippen molar-refractivity contribution in [1.82, 2.24) is 4.90 Å². The second-order valence-electron chi connectivity index (χ2n) is 5.01. The number of nitrogen functional groups attached to an aromatic ring is 1. The first kappa shape index (κ1) is 12.9. The van der Waals surface area contributed by atoms with E-state index in [1.165, 1.54) is 17.7 Å². The first-order valence-corrected chi connectivity index (χ1v) is 6.69. The van der Waals surface area contributed by atoms with E-state index in [0.29, 0.717) is 18.8 Å². The lowest BCUT2D eigenvalue weighted by atomic mass is 10.1. The largest absolute Gasteiger partial charge is 0.492 e. The zero-order chi connectivity index (χ0) is 13.9. The molecule has 0 atom stereocenters. The molecule has 20 heavy (non-hydrogen) atoms. The van der Waals surface area contributed by atoms with Gasteiger partial charge < -0.3 is 10.5 Å². The summed E-state index contributed by atoms with van der Waals surface area (Å²) in [5.74, 6) is 0.651. The minimum Gasteiger partial charge on any atom is -0.492 e. The smallest absolute Gasteiger partial charge is 0.125 e. The molecule has 0 aliphatic carbocycles. The van der Waals surface area contributed by atoms with Crippen LogP contribution in [-0.4, -0.2) is 18.1 Å². The Morgan fingerprint density at radius 2 is 2.05 bits per heavy atom. The van der Waals surface area contributed by atoms with E-state index in [1.54, 1.807) is 6.07 Å². The van der Waals surface area contributed by atoms with Crippen LogP contribution < -0.4 is 10.5 Å². The molecular formula is C16H17FN2O. The average molecular weight is 272 g/mol. The van der Waals surface area contributed by atoms with E-state index in [0.717, 1.165) is 24.4 Å². The Kier molecular flexibility index (Phi) is 3.56. The van der Waals surface area contributed by atoms with Crippen molar-refractivity contribution in [2.45, 2.75) is 13.1 Å². The van der Waals surface area contributed by atoms with Crippen LogP contribution in [0.2, 0.25) is 0 Å². The molecule has 1 aliphatic rings. The highest BCUT2D eigenvalue weighted by Gasteiger charge is 2.15. The Morgan fingerprint density at radius 3 is 2.90 bits per heavy atom. The highest BCUT2D eigenvalue weighted by molar-refractivity contribution is 5.46. The lowest BCUT2D eigenvalue weighted by Crippen LogP contribution is -2.25. The number of para-hydroxylation sites is 1. The third-order valence-electron chi connectivity index (χ3n) is 3.53. The zero-order valence-electron chi connectivity index (χ0n) is 11.2. The summed E-state index contributed by atoms with van der Waals surface area (Å²) in [7, 11) is 0. The molecule has 1 heterocycles. The van der Waals surface area contributed by atoms with E-state index in [2.05, 4.69) is 11.0 Å². The molecule has 2 aromatic carbocycles. The predicted molar refractivity (Wildman–Crippen MR) is 76.9 cm³/mol. The van der Waals surface area contributed by atoms with Gasteiger partial charge in [0, 0.05) is 30.9 Å². The summed E-state index contributed by atoms with van der Waals surface area (Å²) in [6.45, 7) is 2.99. The van der Waals surface area contributed by atoms with Crippen LogP contribution in [0.4, 0.5) is 10.1 Å². The van der Waals surface area contributed by atoms with E-state index in [-0.39, 0.29) is 5.82 Å². The van der Waals surface area contributed by atoms with E-state index < -0.39 is 0 Å². The van der Waals surface area contributed by atoms with Crippen LogP contribution in [0, 0.1) is 5.82 Å². The standard InChI is InChI=1S/C16H17FN2O/c17-14-6-5-12(15(18)9-14)10-19-7-8-20-16-4-2-1-3-13(16)11-19/h1-6,9H,7-8,10-11,18H2. The molecule has 0 bridgehead atoms. The monoisotopic (exact) mass is 272 g/mol. The quantitative estimate of drug-likeness (QED) is 0.854. The van der Waals surface area contributed by atoms with Gasteiger partial charge in [-0.05, 0) is 23.8 Å². The molecule has 0 unspecified atom stereocenters. The van der Waals surface area contributed by atoms with E-state index >= 15 is 0 Å². The number of benzene rings is 2. The minimum absolute atomic E-state index is 0.296. The topological polar surface area (TPSA) is 38.5 Å². The molecule has 0 aromatic heterocycles. The van der Waals surface area contributed by atoms with Gasteiger partial charge in [-0.3, -0.25) is 4.90 Å². The van der Waals surface area contributed by atoms with Crippen LogP contribution in [0.25, 0.3) is 0 Å². The molecule has 0 saturated heterocycles. The van der Waals surface area contributed by atoms with E-state index in [9.17, 15) is 4.39 Å².